The fourth-order valence-corrected chi connectivity index (χ4v) is 1.60. The number of aromatic nitrogens is 3. The molecule has 7 nitrogen and oxygen atoms in total. The summed E-state index contributed by atoms with van der Waals surface area (Å²) in [4.78, 5) is 24.9. The van der Waals surface area contributed by atoms with Crippen LogP contribution < -0.4 is 11.2 Å². The van der Waals surface area contributed by atoms with E-state index in [1.807, 2.05) is 0 Å². The van der Waals surface area contributed by atoms with E-state index >= 15 is 0 Å². The largest absolute Gasteiger partial charge is 0.361 e. The van der Waals surface area contributed by atoms with Gasteiger partial charge >= 0.3 is 5.69 Å². The molecule has 0 atom stereocenters. The summed E-state index contributed by atoms with van der Waals surface area (Å²) >= 11 is 0. The molecule has 0 saturated heterocycles. The number of hydrogen-bond acceptors (Lipinski definition) is 5. The van der Waals surface area contributed by atoms with E-state index in [9.17, 15) is 9.59 Å². The number of aromatic amines is 1. The number of rotatable bonds is 2. The molecule has 2 aromatic heterocycles. The van der Waals surface area contributed by atoms with Gasteiger partial charge in [-0.2, -0.15) is 5.26 Å². The van der Waals surface area contributed by atoms with Gasteiger partial charge in [0.25, 0.3) is 5.56 Å². The Hall–Kier alpha value is -2.62. The van der Waals surface area contributed by atoms with E-state index in [4.69, 9.17) is 9.78 Å². The zero-order valence-electron chi connectivity index (χ0n) is 9.85. The second kappa shape index (κ2) is 4.33. The predicted molar refractivity (Wildman–Crippen MR) is 61.1 cm³/mol. The molecule has 0 amide bonds. The van der Waals surface area contributed by atoms with Crippen LogP contribution in [0.3, 0.4) is 0 Å². The molecule has 0 radical (unpaired) electrons. The quantitative estimate of drug-likeness (QED) is 0.806. The van der Waals surface area contributed by atoms with Gasteiger partial charge in [0.05, 0.1) is 12.2 Å². The van der Waals surface area contributed by atoms with Gasteiger partial charge in [-0.1, -0.05) is 5.16 Å². The van der Waals surface area contributed by atoms with Crippen molar-refractivity contribution in [3.63, 3.8) is 0 Å². The van der Waals surface area contributed by atoms with E-state index in [0.29, 0.717) is 11.5 Å². The van der Waals surface area contributed by atoms with E-state index in [1.165, 1.54) is 10.8 Å². The lowest BCUT2D eigenvalue weighted by Gasteiger charge is -2.04. The standard InChI is InChI=1S/C11H10N4O3/c1-6-9(7(2)18-14-6)5-15-4-8(3-12)10(16)13-11(15)17/h4H,5H2,1-2H3,(H,13,16,17). The Labute approximate surface area is 101 Å². The van der Waals surface area contributed by atoms with Crippen LogP contribution >= 0.6 is 0 Å². The molecule has 0 spiro atoms. The third kappa shape index (κ3) is 1.96. The van der Waals surface area contributed by atoms with Crippen LogP contribution in [0.15, 0.2) is 20.3 Å². The molecule has 2 aromatic rings. The molecule has 0 aliphatic heterocycles. The van der Waals surface area contributed by atoms with Crippen LogP contribution in [0.4, 0.5) is 0 Å². The van der Waals surface area contributed by atoms with E-state index < -0.39 is 11.2 Å². The minimum absolute atomic E-state index is 0.110. The Morgan fingerprint density at radius 3 is 2.78 bits per heavy atom. The maximum Gasteiger partial charge on any atom is 0.328 e. The molecule has 2 rings (SSSR count). The van der Waals surface area contributed by atoms with Crippen molar-refractivity contribution in [1.29, 1.82) is 5.26 Å². The van der Waals surface area contributed by atoms with Crippen molar-refractivity contribution in [2.45, 2.75) is 20.4 Å². The first-order chi connectivity index (χ1) is 8.52. The number of nitrogens with zero attached hydrogens (tertiary/aromatic N) is 3. The summed E-state index contributed by atoms with van der Waals surface area (Å²) < 4.78 is 6.23. The summed E-state index contributed by atoms with van der Waals surface area (Å²) in [6.45, 7) is 3.69. The lowest BCUT2D eigenvalue weighted by atomic mass is 10.2. The first kappa shape index (κ1) is 11.9. The summed E-state index contributed by atoms with van der Waals surface area (Å²) in [5.74, 6) is 0.601. The molecule has 1 N–H and O–H groups in total. The highest BCUT2D eigenvalue weighted by Crippen LogP contribution is 2.12. The molecule has 0 fully saturated rings. The third-order valence-corrected chi connectivity index (χ3v) is 2.64. The van der Waals surface area contributed by atoms with Crippen LogP contribution in [-0.4, -0.2) is 14.7 Å². The van der Waals surface area contributed by atoms with Gasteiger partial charge < -0.3 is 4.52 Å². The molecule has 0 aliphatic rings. The number of nitrogens with one attached hydrogen (secondary N) is 1. The van der Waals surface area contributed by atoms with Crippen molar-refractivity contribution < 1.29 is 4.52 Å². The highest BCUT2D eigenvalue weighted by Gasteiger charge is 2.11. The number of H-pyrrole nitrogens is 1. The monoisotopic (exact) mass is 246 g/mol. The zero-order valence-corrected chi connectivity index (χ0v) is 9.85. The second-order valence-corrected chi connectivity index (χ2v) is 3.84. The Balaban J connectivity index is 2.51. The van der Waals surface area contributed by atoms with E-state index in [-0.39, 0.29) is 12.1 Å². The van der Waals surface area contributed by atoms with E-state index in [1.54, 1.807) is 19.9 Å². The normalized spacial score (nSPS) is 10.3. The first-order valence-corrected chi connectivity index (χ1v) is 5.18. The van der Waals surface area contributed by atoms with E-state index in [0.717, 1.165) is 5.56 Å². The van der Waals surface area contributed by atoms with Crippen LogP contribution in [0.25, 0.3) is 0 Å². The Morgan fingerprint density at radius 2 is 2.22 bits per heavy atom. The summed E-state index contributed by atoms with van der Waals surface area (Å²) in [5.41, 5.74) is 0.0648. The van der Waals surface area contributed by atoms with Crippen LogP contribution in [0.5, 0.6) is 0 Å². The van der Waals surface area contributed by atoms with Crippen LogP contribution in [0.1, 0.15) is 22.6 Å². The van der Waals surface area contributed by atoms with Gasteiger partial charge in [-0.05, 0) is 13.8 Å². The van der Waals surface area contributed by atoms with Crippen molar-refractivity contribution in [3.05, 3.63) is 49.6 Å². The summed E-state index contributed by atoms with van der Waals surface area (Å²) in [6, 6.07) is 1.73. The average Bonchev–Trinajstić information content (AvgIpc) is 2.64. The van der Waals surface area contributed by atoms with E-state index in [2.05, 4.69) is 10.1 Å². The number of nitriles is 1. The van der Waals surface area contributed by atoms with Crippen molar-refractivity contribution >= 4 is 0 Å². The van der Waals surface area contributed by atoms with Crippen molar-refractivity contribution in [3.8, 4) is 6.07 Å². The molecular weight excluding hydrogens is 236 g/mol. The van der Waals surface area contributed by atoms with Crippen molar-refractivity contribution in [2.75, 3.05) is 0 Å². The molecule has 0 aliphatic carbocycles. The fraction of sp³-hybridized carbons (Fsp3) is 0.273. The number of hydrogen-bond donors (Lipinski definition) is 1. The molecule has 7 heteroatoms. The Bertz CT molecular complexity index is 725. The maximum absolute atomic E-state index is 11.6. The van der Waals surface area contributed by atoms with Crippen molar-refractivity contribution in [2.24, 2.45) is 0 Å². The van der Waals surface area contributed by atoms with Crippen molar-refractivity contribution in [1.82, 2.24) is 14.7 Å². The van der Waals surface area contributed by atoms with Crippen LogP contribution in [0, 0.1) is 25.2 Å². The summed E-state index contributed by atoms with van der Waals surface area (Å²) in [7, 11) is 0. The van der Waals surface area contributed by atoms with Gasteiger partial charge in [-0.3, -0.25) is 14.3 Å². The maximum atomic E-state index is 11.6. The first-order valence-electron chi connectivity index (χ1n) is 5.18. The average molecular weight is 246 g/mol. The summed E-state index contributed by atoms with van der Waals surface area (Å²) in [6.07, 6.45) is 1.23. The summed E-state index contributed by atoms with van der Waals surface area (Å²) in [5, 5.41) is 12.5. The fourth-order valence-electron chi connectivity index (χ4n) is 1.60. The highest BCUT2D eigenvalue weighted by atomic mass is 16.5. The number of aryl methyl sites for hydroxylation is 2. The molecule has 2 heterocycles. The van der Waals surface area contributed by atoms with Gasteiger partial charge in [0.1, 0.15) is 17.4 Å². The van der Waals surface area contributed by atoms with Gasteiger partial charge in [0.15, 0.2) is 0 Å². The topological polar surface area (TPSA) is 105 Å². The SMILES string of the molecule is Cc1noc(C)c1Cn1cc(C#N)c(=O)[nH]c1=O. The van der Waals surface area contributed by atoms with Crippen LogP contribution in [-0.2, 0) is 6.54 Å². The molecule has 0 saturated carbocycles. The van der Waals surface area contributed by atoms with Crippen LogP contribution in [0.2, 0.25) is 0 Å². The molecule has 18 heavy (non-hydrogen) atoms. The van der Waals surface area contributed by atoms with Gasteiger partial charge in [-0.25, -0.2) is 4.79 Å². The molecule has 0 aromatic carbocycles. The van der Waals surface area contributed by atoms with Gasteiger partial charge in [0.2, 0.25) is 0 Å². The highest BCUT2D eigenvalue weighted by molar-refractivity contribution is 5.24. The zero-order chi connectivity index (χ0) is 13.3. The lowest BCUT2D eigenvalue weighted by Crippen LogP contribution is -2.31. The lowest BCUT2D eigenvalue weighted by molar-refractivity contribution is 0.392. The Morgan fingerprint density at radius 1 is 1.50 bits per heavy atom. The minimum Gasteiger partial charge on any atom is -0.361 e. The Kier molecular flexibility index (Phi) is 2.85. The van der Waals surface area contributed by atoms with Gasteiger partial charge in [0, 0.05) is 11.8 Å². The smallest absolute Gasteiger partial charge is 0.328 e. The molecule has 92 valence electrons. The third-order valence-electron chi connectivity index (χ3n) is 2.64. The molecule has 0 bridgehead atoms. The molecule has 0 unspecified atom stereocenters. The van der Waals surface area contributed by atoms with Gasteiger partial charge in [-0.15, -0.1) is 0 Å². The predicted octanol–water partition coefficient (Wildman–Crippen LogP) is 0.0614. The molecular formula is C11H10N4O3. The second-order valence-electron chi connectivity index (χ2n) is 3.84. The minimum atomic E-state index is -0.683.